The first kappa shape index (κ1) is 45.0. The normalized spacial score (nSPS) is 12.8. The van der Waals surface area contributed by atoms with Crippen LogP contribution in [0.15, 0.2) is 261 Å². The van der Waals surface area contributed by atoms with Gasteiger partial charge in [-0.1, -0.05) is 202 Å². The Balaban J connectivity index is 1.01. The van der Waals surface area contributed by atoms with Crippen LogP contribution in [0.25, 0.3) is 127 Å². The summed E-state index contributed by atoms with van der Waals surface area (Å²) in [5, 5.41) is 14.6. The fraction of sp³-hybridized carbons (Fsp3) is 0.0405. The van der Waals surface area contributed by atoms with Crippen molar-refractivity contribution in [2.45, 2.75) is 19.3 Å². The van der Waals surface area contributed by atoms with Gasteiger partial charge in [-0.25, -0.2) is 9.97 Å². The highest BCUT2D eigenvalue weighted by Gasteiger charge is 2.39. The Hall–Kier alpha value is -10.2. The van der Waals surface area contributed by atoms with Crippen LogP contribution in [0, 0.1) is 0 Å². The van der Waals surface area contributed by atoms with E-state index in [4.69, 9.17) is 15.0 Å². The molecule has 1 aliphatic rings. The summed E-state index contributed by atoms with van der Waals surface area (Å²) < 4.78 is 2.32. The van der Waals surface area contributed by atoms with Crippen LogP contribution in [-0.4, -0.2) is 19.5 Å². The summed E-state index contributed by atoms with van der Waals surface area (Å²) in [6.07, 6.45) is 1.84. The minimum absolute atomic E-state index is 0.302. The maximum atomic E-state index is 5.62. The second kappa shape index (κ2) is 17.4. The average molecular weight is 1010 g/mol. The number of benzene rings is 12. The molecule has 0 unspecified atom stereocenters. The zero-order chi connectivity index (χ0) is 52.3. The predicted octanol–water partition coefficient (Wildman–Crippen LogP) is 19.5. The summed E-state index contributed by atoms with van der Waals surface area (Å²) in [5.74, 6) is 0.568. The Morgan fingerprint density at radius 2 is 0.975 bits per heavy atom. The minimum Gasteiger partial charge on any atom is -0.310 e. The van der Waals surface area contributed by atoms with Crippen molar-refractivity contribution in [3.05, 3.63) is 272 Å². The second-order valence-electron chi connectivity index (χ2n) is 21.5. The van der Waals surface area contributed by atoms with Crippen molar-refractivity contribution in [2.75, 3.05) is 4.90 Å². The molecule has 3 aromatic heterocycles. The lowest BCUT2D eigenvalue weighted by molar-refractivity contribution is 0.661. The van der Waals surface area contributed by atoms with Crippen LogP contribution in [0.5, 0.6) is 0 Å². The maximum Gasteiger partial charge on any atom is 0.235 e. The lowest BCUT2D eigenvalue weighted by Crippen LogP contribution is -2.15. The smallest absolute Gasteiger partial charge is 0.235 e. The Labute approximate surface area is 457 Å². The number of fused-ring (bicyclic) bond motifs is 15. The quantitative estimate of drug-likeness (QED) is 0.149. The molecule has 0 N–H and O–H groups in total. The van der Waals surface area contributed by atoms with Crippen LogP contribution in [0.3, 0.4) is 0 Å². The average Bonchev–Trinajstić information content (AvgIpc) is 4.20. The molecule has 0 atom stereocenters. The molecule has 0 saturated heterocycles. The third-order valence-corrected chi connectivity index (χ3v) is 16.8. The Bertz CT molecular complexity index is 4980. The Morgan fingerprint density at radius 3 is 1.73 bits per heavy atom. The van der Waals surface area contributed by atoms with E-state index >= 15 is 0 Å². The fourth-order valence-electron chi connectivity index (χ4n) is 13.0. The van der Waals surface area contributed by atoms with Gasteiger partial charge in [-0.3, -0.25) is 9.55 Å². The van der Waals surface area contributed by atoms with Gasteiger partial charge in [-0.15, -0.1) is 0 Å². The van der Waals surface area contributed by atoms with Crippen molar-refractivity contribution in [3.63, 3.8) is 0 Å². The lowest BCUT2D eigenvalue weighted by atomic mass is 9.81. The first-order valence-electron chi connectivity index (χ1n) is 27.2. The van der Waals surface area contributed by atoms with Crippen molar-refractivity contribution < 1.29 is 0 Å². The van der Waals surface area contributed by atoms with Gasteiger partial charge in [-0.05, 0) is 149 Å². The number of hydrogen-bond donors (Lipinski definition) is 0. The van der Waals surface area contributed by atoms with Crippen molar-refractivity contribution in [2.24, 2.45) is 0 Å². The summed E-state index contributed by atoms with van der Waals surface area (Å²) in [6, 6.07) is 92.6. The first-order valence-corrected chi connectivity index (χ1v) is 27.2. The van der Waals surface area contributed by atoms with Gasteiger partial charge in [-0.2, -0.15) is 0 Å². The lowest BCUT2D eigenvalue weighted by Gasteiger charge is -2.27. The third kappa shape index (κ3) is 6.99. The molecule has 3 heterocycles. The van der Waals surface area contributed by atoms with Crippen molar-refractivity contribution >= 4 is 92.7 Å². The van der Waals surface area contributed by atoms with Crippen molar-refractivity contribution in [1.82, 2.24) is 19.5 Å². The number of hydrogen-bond acceptors (Lipinski definition) is 4. The van der Waals surface area contributed by atoms with Gasteiger partial charge in [0.25, 0.3) is 0 Å². The monoisotopic (exact) mass is 1010 g/mol. The number of aromatic nitrogens is 4. The topological polar surface area (TPSA) is 46.8 Å². The number of pyridine rings is 1. The van der Waals surface area contributed by atoms with Gasteiger partial charge in [0.2, 0.25) is 5.95 Å². The molecule has 0 bridgehead atoms. The standard InChI is InChI=1S/C74H49N5/c1-74(2)63-38-39-69-72(71(63)62-43-60-57-26-12-10-24-55(57)56-25-11-13-27-58(56)61(60)44-64(62)74)59-37-36-53(78(52-35-34-47-19-6-7-21-51(47)41-52)68-29-16-22-49-20-8-9-23-54(49)68)42-70(59)79(69)73-76-66(45-67(77-73)65-28-14-15-40-75-65)50-32-30-48(31-33-50)46-17-4-3-5-18-46/h3-45H,1-2H3. The minimum atomic E-state index is -0.302. The van der Waals surface area contributed by atoms with E-state index in [1.54, 1.807) is 0 Å². The highest BCUT2D eigenvalue weighted by atomic mass is 15.2. The Kier molecular flexibility index (Phi) is 9.91. The van der Waals surface area contributed by atoms with Gasteiger partial charge >= 0.3 is 0 Å². The van der Waals surface area contributed by atoms with Crippen LogP contribution >= 0.6 is 0 Å². The molecule has 12 aromatic carbocycles. The SMILES string of the molecule is CC1(C)c2cc3c4ccccc4c4ccccc4c3cc2-c2c1ccc1c2c2ccc(N(c3ccc4ccccc4c3)c3cccc4ccccc34)cc2n1-c1nc(-c2ccc(-c3ccccc3)cc2)cc(-c2ccccn2)n1. The summed E-state index contributed by atoms with van der Waals surface area (Å²) in [5.41, 5.74) is 15.7. The van der Waals surface area contributed by atoms with Crippen molar-refractivity contribution in [3.8, 4) is 50.8 Å². The van der Waals surface area contributed by atoms with Crippen LogP contribution in [0.1, 0.15) is 25.0 Å². The van der Waals surface area contributed by atoms with Gasteiger partial charge in [0.15, 0.2) is 0 Å². The molecule has 0 spiro atoms. The van der Waals surface area contributed by atoms with Gasteiger partial charge in [0.1, 0.15) is 0 Å². The van der Waals surface area contributed by atoms with E-state index in [0.29, 0.717) is 5.95 Å². The molecular weight excluding hydrogens is 959 g/mol. The molecule has 15 aromatic rings. The van der Waals surface area contributed by atoms with E-state index in [1.807, 2.05) is 24.4 Å². The van der Waals surface area contributed by atoms with E-state index in [9.17, 15) is 0 Å². The highest BCUT2D eigenvalue weighted by Crippen LogP contribution is 2.56. The molecule has 0 aliphatic heterocycles. The van der Waals surface area contributed by atoms with Crippen molar-refractivity contribution in [1.29, 1.82) is 0 Å². The van der Waals surface area contributed by atoms with Gasteiger partial charge in [0, 0.05) is 44.7 Å². The number of rotatable bonds is 7. The van der Waals surface area contributed by atoms with Crippen LogP contribution < -0.4 is 4.90 Å². The summed E-state index contributed by atoms with van der Waals surface area (Å²) in [4.78, 5) is 18.5. The van der Waals surface area contributed by atoms with Gasteiger partial charge < -0.3 is 4.90 Å². The first-order chi connectivity index (χ1) is 38.9. The largest absolute Gasteiger partial charge is 0.310 e. The molecule has 5 nitrogen and oxygen atoms in total. The zero-order valence-electron chi connectivity index (χ0n) is 43.6. The van der Waals surface area contributed by atoms with Crippen LogP contribution in [0.2, 0.25) is 0 Å². The van der Waals surface area contributed by atoms with E-state index in [0.717, 1.165) is 67.1 Å². The summed E-state index contributed by atoms with van der Waals surface area (Å²) in [7, 11) is 0. The fourth-order valence-corrected chi connectivity index (χ4v) is 13.0. The summed E-state index contributed by atoms with van der Waals surface area (Å²) >= 11 is 0. The molecule has 0 radical (unpaired) electrons. The molecule has 0 saturated carbocycles. The maximum absolute atomic E-state index is 5.62. The van der Waals surface area contributed by atoms with E-state index < -0.39 is 0 Å². The highest BCUT2D eigenvalue weighted by molar-refractivity contribution is 6.27. The number of nitrogens with zero attached hydrogens (tertiary/aromatic N) is 5. The van der Waals surface area contributed by atoms with Crippen LogP contribution in [0.4, 0.5) is 17.1 Å². The summed E-state index contributed by atoms with van der Waals surface area (Å²) in [6.45, 7) is 4.80. The molecular formula is C74H49N5. The molecule has 5 heteroatoms. The predicted molar refractivity (Wildman–Crippen MR) is 330 cm³/mol. The second-order valence-corrected chi connectivity index (χ2v) is 21.5. The number of anilines is 3. The molecule has 79 heavy (non-hydrogen) atoms. The molecule has 1 aliphatic carbocycles. The molecule has 0 amide bonds. The van der Waals surface area contributed by atoms with E-state index in [2.05, 4.69) is 260 Å². The third-order valence-electron chi connectivity index (χ3n) is 16.8. The van der Waals surface area contributed by atoms with E-state index in [-0.39, 0.29) is 5.41 Å². The molecule has 370 valence electrons. The van der Waals surface area contributed by atoms with E-state index in [1.165, 1.54) is 81.7 Å². The van der Waals surface area contributed by atoms with Crippen LogP contribution in [-0.2, 0) is 5.41 Å². The Morgan fingerprint density at radius 1 is 0.367 bits per heavy atom. The van der Waals surface area contributed by atoms with Gasteiger partial charge in [0.05, 0.1) is 33.8 Å². The molecule has 16 rings (SSSR count). The zero-order valence-corrected chi connectivity index (χ0v) is 43.6. The molecule has 0 fully saturated rings.